The third kappa shape index (κ3) is 5.38. The molecule has 1 atom stereocenters. The van der Waals surface area contributed by atoms with Crippen LogP contribution in [0.3, 0.4) is 0 Å². The van der Waals surface area contributed by atoms with Crippen LogP contribution in [0.1, 0.15) is 18.5 Å². The van der Waals surface area contributed by atoms with Gasteiger partial charge in [-0.3, -0.25) is 4.79 Å². The van der Waals surface area contributed by atoms with E-state index in [1.165, 1.54) is 4.90 Å². The first-order valence-electron chi connectivity index (χ1n) is 5.99. The van der Waals surface area contributed by atoms with Crippen molar-refractivity contribution in [2.75, 3.05) is 20.1 Å². The first kappa shape index (κ1) is 16.8. The number of nitrogens with one attached hydrogen (secondary N) is 1. The van der Waals surface area contributed by atoms with E-state index in [9.17, 15) is 18.0 Å². The quantitative estimate of drug-likeness (QED) is 0.907. The van der Waals surface area contributed by atoms with Gasteiger partial charge in [-0.25, -0.2) is 0 Å². The Morgan fingerprint density at radius 2 is 1.90 bits per heavy atom. The van der Waals surface area contributed by atoms with E-state index >= 15 is 0 Å². The van der Waals surface area contributed by atoms with Gasteiger partial charge in [-0.2, -0.15) is 13.2 Å². The fraction of sp³-hybridized carbons (Fsp3) is 0.462. The van der Waals surface area contributed by atoms with E-state index < -0.39 is 18.6 Å². The van der Waals surface area contributed by atoms with E-state index in [1.807, 2.05) is 0 Å². The third-order valence-corrected chi connectivity index (χ3v) is 3.18. The molecule has 112 valence electrons. The molecular weight excluding hydrogens is 293 g/mol. The summed E-state index contributed by atoms with van der Waals surface area (Å²) in [6.07, 6.45) is -4.32. The lowest BCUT2D eigenvalue weighted by Crippen LogP contribution is -2.40. The summed E-state index contributed by atoms with van der Waals surface area (Å²) >= 11 is 5.77. The lowest BCUT2D eigenvalue weighted by Gasteiger charge is -2.25. The van der Waals surface area contributed by atoms with Crippen LogP contribution in [0.5, 0.6) is 0 Å². The van der Waals surface area contributed by atoms with Gasteiger partial charge in [0.2, 0.25) is 5.91 Å². The Balaban J connectivity index is 2.53. The van der Waals surface area contributed by atoms with Crippen LogP contribution in [-0.4, -0.2) is 37.1 Å². The van der Waals surface area contributed by atoms with Gasteiger partial charge in [0.15, 0.2) is 0 Å². The first-order chi connectivity index (χ1) is 9.20. The Morgan fingerprint density at radius 3 is 2.40 bits per heavy atom. The Hall–Kier alpha value is -1.27. The maximum Gasteiger partial charge on any atom is 0.401 e. The highest BCUT2D eigenvalue weighted by Crippen LogP contribution is 2.20. The number of amides is 1. The van der Waals surface area contributed by atoms with Gasteiger partial charge < -0.3 is 10.2 Å². The van der Waals surface area contributed by atoms with E-state index in [4.69, 9.17) is 11.6 Å². The molecular formula is C13H16ClF3N2O. The van der Waals surface area contributed by atoms with Gasteiger partial charge in [0.05, 0.1) is 19.1 Å². The predicted molar refractivity (Wildman–Crippen MR) is 71.6 cm³/mol. The van der Waals surface area contributed by atoms with Crippen LogP contribution < -0.4 is 5.32 Å². The van der Waals surface area contributed by atoms with Crippen LogP contribution in [0.2, 0.25) is 5.02 Å². The number of hydrogen-bond donors (Lipinski definition) is 1. The Bertz CT molecular complexity index is 448. The molecule has 7 heteroatoms. The molecule has 0 saturated carbocycles. The zero-order chi connectivity index (χ0) is 15.3. The van der Waals surface area contributed by atoms with Crippen molar-refractivity contribution in [3.63, 3.8) is 0 Å². The summed E-state index contributed by atoms with van der Waals surface area (Å²) < 4.78 is 35.9. The molecule has 1 amide bonds. The molecule has 1 rings (SSSR count). The molecule has 0 fully saturated rings. The molecule has 0 bridgehead atoms. The molecule has 1 unspecified atom stereocenters. The van der Waals surface area contributed by atoms with Gasteiger partial charge in [-0.15, -0.1) is 0 Å². The highest BCUT2D eigenvalue weighted by Gasteiger charge is 2.27. The molecule has 1 aromatic carbocycles. The lowest BCUT2D eigenvalue weighted by atomic mass is 10.1. The summed E-state index contributed by atoms with van der Waals surface area (Å²) in [5.41, 5.74) is 0.862. The van der Waals surface area contributed by atoms with Crippen LogP contribution in [-0.2, 0) is 4.79 Å². The zero-order valence-electron chi connectivity index (χ0n) is 11.2. The van der Waals surface area contributed by atoms with Crippen molar-refractivity contribution in [2.45, 2.75) is 19.1 Å². The first-order valence-corrected chi connectivity index (χ1v) is 6.37. The van der Waals surface area contributed by atoms with Crippen molar-refractivity contribution < 1.29 is 18.0 Å². The molecule has 0 radical (unpaired) electrons. The van der Waals surface area contributed by atoms with Crippen LogP contribution in [0, 0.1) is 0 Å². The van der Waals surface area contributed by atoms with Crippen LogP contribution in [0.25, 0.3) is 0 Å². The number of nitrogens with zero attached hydrogens (tertiary/aromatic N) is 1. The summed E-state index contributed by atoms with van der Waals surface area (Å²) in [6, 6.07) is 6.72. The van der Waals surface area contributed by atoms with Gasteiger partial charge in [-0.1, -0.05) is 23.7 Å². The summed E-state index contributed by atoms with van der Waals surface area (Å²) in [4.78, 5) is 13.2. The third-order valence-electron chi connectivity index (χ3n) is 2.93. The molecule has 0 aromatic heterocycles. The SMILES string of the molecule is CC(c1ccc(Cl)cc1)N(C)C(=O)CNCC(F)(F)F. The Labute approximate surface area is 120 Å². The summed E-state index contributed by atoms with van der Waals surface area (Å²) in [6.45, 7) is 0.265. The molecule has 0 aliphatic heterocycles. The second kappa shape index (κ2) is 6.95. The van der Waals surface area contributed by atoms with Crippen LogP contribution in [0.4, 0.5) is 13.2 Å². The number of alkyl halides is 3. The molecule has 1 N–H and O–H groups in total. The molecule has 0 aliphatic rings. The van der Waals surface area contributed by atoms with Gasteiger partial charge in [0.1, 0.15) is 0 Å². The topological polar surface area (TPSA) is 32.3 Å². The molecule has 0 heterocycles. The average Bonchev–Trinajstić information content (AvgIpc) is 2.36. The average molecular weight is 309 g/mol. The normalized spacial score (nSPS) is 13.1. The predicted octanol–water partition coefficient (Wildman–Crippen LogP) is 3.01. The van der Waals surface area contributed by atoms with Gasteiger partial charge in [-0.05, 0) is 24.6 Å². The van der Waals surface area contributed by atoms with E-state index in [0.717, 1.165) is 5.56 Å². The molecule has 0 aliphatic carbocycles. The van der Waals surface area contributed by atoms with Crippen molar-refractivity contribution in [1.82, 2.24) is 10.2 Å². The number of rotatable bonds is 5. The standard InChI is InChI=1S/C13H16ClF3N2O/c1-9(10-3-5-11(14)6-4-10)19(2)12(20)7-18-8-13(15,16)17/h3-6,9,18H,7-8H2,1-2H3. The Morgan fingerprint density at radius 1 is 1.35 bits per heavy atom. The minimum atomic E-state index is -4.32. The maximum atomic E-state index is 12.0. The van der Waals surface area contributed by atoms with Gasteiger partial charge in [0.25, 0.3) is 0 Å². The van der Waals surface area contributed by atoms with Crippen molar-refractivity contribution in [2.24, 2.45) is 0 Å². The summed E-state index contributed by atoms with van der Waals surface area (Å²) in [5.74, 6) is -0.406. The fourth-order valence-electron chi connectivity index (χ4n) is 1.62. The molecule has 20 heavy (non-hydrogen) atoms. The van der Waals surface area contributed by atoms with E-state index in [1.54, 1.807) is 38.2 Å². The minimum absolute atomic E-state index is 0.243. The van der Waals surface area contributed by atoms with Crippen LogP contribution in [0.15, 0.2) is 24.3 Å². The molecule has 0 spiro atoms. The monoisotopic (exact) mass is 308 g/mol. The fourth-order valence-corrected chi connectivity index (χ4v) is 1.74. The number of carbonyl (C=O) groups is 1. The number of benzene rings is 1. The number of halogens is 4. The summed E-state index contributed by atoms with van der Waals surface area (Å²) in [5, 5.41) is 2.67. The van der Waals surface area contributed by atoms with Gasteiger partial charge in [0, 0.05) is 12.1 Å². The van der Waals surface area contributed by atoms with E-state index in [0.29, 0.717) is 5.02 Å². The lowest BCUT2D eigenvalue weighted by molar-refractivity contribution is -0.134. The largest absolute Gasteiger partial charge is 0.401 e. The smallest absolute Gasteiger partial charge is 0.338 e. The highest BCUT2D eigenvalue weighted by molar-refractivity contribution is 6.30. The number of likely N-dealkylation sites (N-methyl/N-ethyl adjacent to an activating group) is 1. The molecule has 3 nitrogen and oxygen atoms in total. The van der Waals surface area contributed by atoms with E-state index in [2.05, 4.69) is 5.32 Å². The Kier molecular flexibility index (Phi) is 5.83. The molecule has 1 aromatic rings. The minimum Gasteiger partial charge on any atom is -0.338 e. The van der Waals surface area contributed by atoms with Gasteiger partial charge >= 0.3 is 6.18 Å². The summed E-state index contributed by atoms with van der Waals surface area (Å²) in [7, 11) is 1.55. The van der Waals surface area contributed by atoms with Crippen molar-refractivity contribution in [1.29, 1.82) is 0 Å². The highest BCUT2D eigenvalue weighted by atomic mass is 35.5. The maximum absolute atomic E-state index is 12.0. The van der Waals surface area contributed by atoms with Crippen molar-refractivity contribution in [3.8, 4) is 0 Å². The second-order valence-electron chi connectivity index (χ2n) is 4.45. The molecule has 0 saturated heterocycles. The van der Waals surface area contributed by atoms with E-state index in [-0.39, 0.29) is 12.6 Å². The number of hydrogen-bond acceptors (Lipinski definition) is 2. The van der Waals surface area contributed by atoms with Crippen LogP contribution >= 0.6 is 11.6 Å². The van der Waals surface area contributed by atoms with Crippen molar-refractivity contribution >= 4 is 17.5 Å². The number of carbonyl (C=O) groups excluding carboxylic acids is 1. The van der Waals surface area contributed by atoms with Crippen molar-refractivity contribution in [3.05, 3.63) is 34.9 Å². The zero-order valence-corrected chi connectivity index (χ0v) is 11.9. The second-order valence-corrected chi connectivity index (χ2v) is 4.89.